The second-order valence-corrected chi connectivity index (χ2v) is 4.31. The third-order valence-corrected chi connectivity index (χ3v) is 2.63. The van der Waals surface area contributed by atoms with Gasteiger partial charge in [0, 0.05) is 20.1 Å². The number of aromatic nitrogens is 2. The Hall–Kier alpha value is -1.92. The van der Waals surface area contributed by atoms with Crippen LogP contribution in [0.1, 0.15) is 12.8 Å². The Balaban J connectivity index is 2.02. The third kappa shape index (κ3) is 3.06. The maximum Gasteiger partial charge on any atom is 0.239 e. The minimum Gasteiger partial charge on any atom is -0.357 e. The molecule has 98 valence electrons. The van der Waals surface area contributed by atoms with Crippen LogP contribution in [0.15, 0.2) is 6.20 Å². The van der Waals surface area contributed by atoms with Crippen LogP contribution in [0.25, 0.3) is 0 Å². The smallest absolute Gasteiger partial charge is 0.239 e. The van der Waals surface area contributed by atoms with Gasteiger partial charge in [-0.1, -0.05) is 0 Å². The topological polar surface area (TPSA) is 70.2 Å². The molecule has 0 saturated heterocycles. The lowest BCUT2D eigenvalue weighted by Crippen LogP contribution is -2.37. The van der Waals surface area contributed by atoms with Crippen LogP contribution < -0.4 is 15.5 Å². The molecule has 0 aliphatic heterocycles. The number of hydrogen-bond acceptors (Lipinski definition) is 5. The Morgan fingerprint density at radius 3 is 2.94 bits per heavy atom. The fourth-order valence-corrected chi connectivity index (χ4v) is 1.54. The summed E-state index contributed by atoms with van der Waals surface area (Å²) in [6.45, 7) is 0.0770. The zero-order valence-corrected chi connectivity index (χ0v) is 10.4. The quantitative estimate of drug-likeness (QED) is 0.793. The summed E-state index contributed by atoms with van der Waals surface area (Å²) in [5, 5.41) is 5.57. The first-order chi connectivity index (χ1) is 8.60. The minimum atomic E-state index is -0.546. The van der Waals surface area contributed by atoms with Crippen molar-refractivity contribution in [3.05, 3.63) is 12.0 Å². The van der Waals surface area contributed by atoms with E-state index in [0.29, 0.717) is 12.0 Å². The molecule has 0 bridgehead atoms. The molecule has 0 aromatic carbocycles. The summed E-state index contributed by atoms with van der Waals surface area (Å²) >= 11 is 0. The van der Waals surface area contributed by atoms with E-state index in [2.05, 4.69) is 20.6 Å². The van der Waals surface area contributed by atoms with Gasteiger partial charge in [0.05, 0.1) is 12.7 Å². The molecule has 2 rings (SSSR count). The first-order valence-corrected chi connectivity index (χ1v) is 5.81. The van der Waals surface area contributed by atoms with Gasteiger partial charge in [0.15, 0.2) is 11.6 Å². The minimum absolute atomic E-state index is 0.0770. The number of rotatable bonds is 5. The van der Waals surface area contributed by atoms with Gasteiger partial charge in [-0.25, -0.2) is 9.37 Å². The van der Waals surface area contributed by atoms with E-state index in [9.17, 15) is 9.18 Å². The first-order valence-electron chi connectivity index (χ1n) is 5.81. The van der Waals surface area contributed by atoms with Crippen LogP contribution >= 0.6 is 0 Å². The van der Waals surface area contributed by atoms with Gasteiger partial charge >= 0.3 is 0 Å². The molecule has 1 saturated carbocycles. The average Bonchev–Trinajstić information content (AvgIpc) is 3.13. The first kappa shape index (κ1) is 12.5. The van der Waals surface area contributed by atoms with Gasteiger partial charge in [-0.2, -0.15) is 4.98 Å². The van der Waals surface area contributed by atoms with Crippen molar-refractivity contribution in [2.24, 2.45) is 0 Å². The van der Waals surface area contributed by atoms with E-state index in [4.69, 9.17) is 0 Å². The summed E-state index contributed by atoms with van der Waals surface area (Å²) < 4.78 is 13.6. The van der Waals surface area contributed by atoms with Crippen molar-refractivity contribution in [3.63, 3.8) is 0 Å². The molecule has 0 spiro atoms. The molecule has 0 unspecified atom stereocenters. The highest BCUT2D eigenvalue weighted by atomic mass is 19.1. The molecule has 6 nitrogen and oxygen atoms in total. The third-order valence-electron chi connectivity index (χ3n) is 2.63. The van der Waals surface area contributed by atoms with Crippen molar-refractivity contribution in [1.82, 2.24) is 15.3 Å². The van der Waals surface area contributed by atoms with Crippen molar-refractivity contribution in [2.45, 2.75) is 18.9 Å². The van der Waals surface area contributed by atoms with Crippen molar-refractivity contribution < 1.29 is 9.18 Å². The molecule has 1 aliphatic carbocycles. The van der Waals surface area contributed by atoms with Crippen LogP contribution in [0, 0.1) is 5.82 Å². The SMILES string of the molecule is CNc1ncc(F)c(N(C)CC(=O)NC2CC2)n1. The van der Waals surface area contributed by atoms with Crippen LogP contribution in [0.3, 0.4) is 0 Å². The zero-order valence-electron chi connectivity index (χ0n) is 10.4. The van der Waals surface area contributed by atoms with Crippen LogP contribution in [0.5, 0.6) is 0 Å². The summed E-state index contributed by atoms with van der Waals surface area (Å²) in [6, 6.07) is 0.300. The maximum atomic E-state index is 13.6. The van der Waals surface area contributed by atoms with Gasteiger partial charge in [-0.3, -0.25) is 4.79 Å². The summed E-state index contributed by atoms with van der Waals surface area (Å²) in [7, 11) is 3.27. The summed E-state index contributed by atoms with van der Waals surface area (Å²) in [5.74, 6) is -0.235. The molecule has 0 radical (unpaired) electrons. The van der Waals surface area contributed by atoms with Crippen molar-refractivity contribution in [2.75, 3.05) is 30.9 Å². The number of halogens is 1. The summed E-state index contributed by atoms with van der Waals surface area (Å²) in [5.41, 5.74) is 0. The number of anilines is 2. The second kappa shape index (κ2) is 5.16. The van der Waals surface area contributed by atoms with Gasteiger partial charge < -0.3 is 15.5 Å². The van der Waals surface area contributed by atoms with E-state index in [1.807, 2.05) is 0 Å². The molecular formula is C11H16FN5O. The van der Waals surface area contributed by atoms with Gasteiger partial charge in [-0.05, 0) is 12.8 Å². The average molecular weight is 253 g/mol. The van der Waals surface area contributed by atoms with Gasteiger partial charge in [0.1, 0.15) is 0 Å². The molecule has 1 heterocycles. The van der Waals surface area contributed by atoms with Crippen molar-refractivity contribution in [1.29, 1.82) is 0 Å². The van der Waals surface area contributed by atoms with E-state index in [1.165, 1.54) is 4.90 Å². The van der Waals surface area contributed by atoms with E-state index < -0.39 is 5.82 Å². The fraction of sp³-hybridized carbons (Fsp3) is 0.545. The van der Waals surface area contributed by atoms with Crippen LogP contribution in [-0.4, -0.2) is 42.6 Å². The molecule has 0 atom stereocenters. The highest BCUT2D eigenvalue weighted by Crippen LogP contribution is 2.19. The Bertz CT molecular complexity index is 449. The standard InChI is InChI=1S/C11H16FN5O/c1-13-11-14-5-8(12)10(16-11)17(2)6-9(18)15-7-3-4-7/h5,7H,3-4,6H2,1-2H3,(H,15,18)(H,13,14,16). The molecule has 1 fully saturated rings. The molecule has 1 aromatic heterocycles. The fourth-order valence-electron chi connectivity index (χ4n) is 1.54. The Labute approximate surface area is 105 Å². The van der Waals surface area contributed by atoms with E-state index >= 15 is 0 Å². The molecule has 1 aromatic rings. The van der Waals surface area contributed by atoms with Gasteiger partial charge in [0.2, 0.25) is 11.9 Å². The molecule has 1 aliphatic rings. The Morgan fingerprint density at radius 2 is 2.33 bits per heavy atom. The number of hydrogen-bond donors (Lipinski definition) is 2. The van der Waals surface area contributed by atoms with Crippen molar-refractivity contribution >= 4 is 17.7 Å². The number of carbonyl (C=O) groups is 1. The Morgan fingerprint density at radius 1 is 1.61 bits per heavy atom. The lowest BCUT2D eigenvalue weighted by molar-refractivity contribution is -0.119. The normalized spacial score (nSPS) is 14.2. The monoisotopic (exact) mass is 253 g/mol. The highest BCUT2D eigenvalue weighted by Gasteiger charge is 2.24. The lowest BCUT2D eigenvalue weighted by Gasteiger charge is -2.18. The predicted octanol–water partition coefficient (Wildman–Crippen LogP) is 0.372. The lowest BCUT2D eigenvalue weighted by atomic mass is 10.4. The number of carbonyl (C=O) groups excluding carboxylic acids is 1. The van der Waals surface area contributed by atoms with E-state index in [0.717, 1.165) is 19.0 Å². The summed E-state index contributed by atoms with van der Waals surface area (Å²) in [6.07, 6.45) is 3.14. The van der Waals surface area contributed by atoms with Gasteiger partial charge in [-0.15, -0.1) is 0 Å². The van der Waals surface area contributed by atoms with Crippen LogP contribution in [-0.2, 0) is 4.79 Å². The molecule has 2 N–H and O–H groups in total. The molecular weight excluding hydrogens is 237 g/mol. The summed E-state index contributed by atoms with van der Waals surface area (Å²) in [4.78, 5) is 20.8. The maximum absolute atomic E-state index is 13.6. The highest BCUT2D eigenvalue weighted by molar-refractivity contribution is 5.81. The number of nitrogens with one attached hydrogen (secondary N) is 2. The number of likely N-dealkylation sites (N-methyl/N-ethyl adjacent to an activating group) is 1. The number of nitrogens with zero attached hydrogens (tertiary/aromatic N) is 3. The second-order valence-electron chi connectivity index (χ2n) is 4.31. The predicted molar refractivity (Wildman–Crippen MR) is 66.0 cm³/mol. The Kier molecular flexibility index (Phi) is 3.59. The molecule has 1 amide bonds. The van der Waals surface area contributed by atoms with Crippen molar-refractivity contribution in [3.8, 4) is 0 Å². The molecule has 7 heteroatoms. The zero-order chi connectivity index (χ0) is 13.1. The van der Waals surface area contributed by atoms with E-state index in [1.54, 1.807) is 14.1 Å². The number of amides is 1. The van der Waals surface area contributed by atoms with Gasteiger partial charge in [0.25, 0.3) is 0 Å². The van der Waals surface area contributed by atoms with Crippen LogP contribution in [0.2, 0.25) is 0 Å². The molecule has 18 heavy (non-hydrogen) atoms. The van der Waals surface area contributed by atoms with E-state index in [-0.39, 0.29) is 18.3 Å². The largest absolute Gasteiger partial charge is 0.357 e. The van der Waals surface area contributed by atoms with Crippen LogP contribution in [0.4, 0.5) is 16.2 Å².